The number of carbonyl (C=O) groups excluding carboxylic acids is 1. The minimum absolute atomic E-state index is 0.320. The van der Waals surface area contributed by atoms with Crippen LogP contribution in [0, 0.1) is 12.3 Å². The van der Waals surface area contributed by atoms with Crippen molar-refractivity contribution in [3.63, 3.8) is 0 Å². The Kier molecular flexibility index (Phi) is 6.88. The fourth-order valence-electron chi connectivity index (χ4n) is 1.74. The molecule has 3 N–H and O–H groups in total. The molecule has 1 rings (SSSR count). The van der Waals surface area contributed by atoms with Crippen LogP contribution in [0.5, 0.6) is 0 Å². The molecule has 0 heterocycles. The van der Waals surface area contributed by atoms with E-state index in [0.29, 0.717) is 11.3 Å². The summed E-state index contributed by atoms with van der Waals surface area (Å²) < 4.78 is 37.0. The third-order valence-electron chi connectivity index (χ3n) is 2.87. The van der Waals surface area contributed by atoms with E-state index in [1.165, 1.54) is 12.1 Å². The number of anilines is 1. The highest BCUT2D eigenvalue weighted by Crippen LogP contribution is 2.20. The van der Waals surface area contributed by atoms with Crippen LogP contribution in [0.3, 0.4) is 0 Å². The van der Waals surface area contributed by atoms with Gasteiger partial charge in [0, 0.05) is 17.8 Å². The molecule has 23 heavy (non-hydrogen) atoms. The molecule has 0 saturated carbocycles. The smallest absolute Gasteiger partial charge is 0.390 e. The summed E-state index contributed by atoms with van der Waals surface area (Å²) in [7, 11) is 0. The van der Waals surface area contributed by atoms with Gasteiger partial charge < -0.3 is 20.4 Å². The molecule has 0 spiro atoms. The molecular weight excluding hydrogens is 313 g/mol. The molecule has 0 fully saturated rings. The van der Waals surface area contributed by atoms with E-state index < -0.39 is 44.4 Å². The summed E-state index contributed by atoms with van der Waals surface area (Å²) in [6, 6.07) is 5.42. The lowest BCUT2D eigenvalue weighted by Gasteiger charge is -2.25. The van der Waals surface area contributed by atoms with Gasteiger partial charge in [-0.25, -0.2) is 4.79 Å². The molecule has 0 aliphatic rings. The first-order chi connectivity index (χ1) is 10.7. The van der Waals surface area contributed by atoms with Gasteiger partial charge in [-0.1, -0.05) is 12.0 Å². The third-order valence-corrected chi connectivity index (χ3v) is 2.87. The zero-order chi connectivity index (χ0) is 17.5. The SMILES string of the molecule is C#Cc1cccc(NC(=O)N(CCC(F)(F)F)C[C@H](O)CO)c1. The number of hydrogen-bond acceptors (Lipinski definition) is 3. The average Bonchev–Trinajstić information content (AvgIpc) is 2.50. The first kappa shape index (κ1) is 18.8. The number of aliphatic hydroxyl groups is 2. The molecule has 0 radical (unpaired) electrons. The number of hydrogen-bond donors (Lipinski definition) is 3. The molecule has 1 aromatic rings. The zero-order valence-corrected chi connectivity index (χ0v) is 12.2. The molecule has 5 nitrogen and oxygen atoms in total. The second-order valence-corrected chi connectivity index (χ2v) is 4.80. The highest BCUT2D eigenvalue weighted by atomic mass is 19.4. The monoisotopic (exact) mass is 330 g/mol. The van der Waals surface area contributed by atoms with Crippen molar-refractivity contribution in [3.8, 4) is 12.3 Å². The van der Waals surface area contributed by atoms with Crippen LogP contribution < -0.4 is 5.32 Å². The van der Waals surface area contributed by atoms with E-state index in [4.69, 9.17) is 11.5 Å². The van der Waals surface area contributed by atoms with Gasteiger partial charge in [-0.2, -0.15) is 13.2 Å². The molecule has 0 bridgehead atoms. The van der Waals surface area contributed by atoms with Crippen LogP contribution in [0.2, 0.25) is 0 Å². The normalized spacial score (nSPS) is 12.3. The first-order valence-electron chi connectivity index (χ1n) is 6.73. The van der Waals surface area contributed by atoms with E-state index in [-0.39, 0.29) is 0 Å². The van der Waals surface area contributed by atoms with E-state index in [2.05, 4.69) is 11.2 Å². The molecule has 2 amide bonds. The predicted octanol–water partition coefficient (Wildman–Crippen LogP) is 1.81. The van der Waals surface area contributed by atoms with Gasteiger partial charge in [0.25, 0.3) is 0 Å². The van der Waals surface area contributed by atoms with Gasteiger partial charge >= 0.3 is 12.2 Å². The van der Waals surface area contributed by atoms with Crippen LogP contribution in [0.15, 0.2) is 24.3 Å². The lowest BCUT2D eigenvalue weighted by atomic mass is 10.2. The Morgan fingerprint density at radius 2 is 2.13 bits per heavy atom. The van der Waals surface area contributed by atoms with Gasteiger partial charge in [-0.15, -0.1) is 6.42 Å². The van der Waals surface area contributed by atoms with Gasteiger partial charge in [-0.3, -0.25) is 0 Å². The summed E-state index contributed by atoms with van der Waals surface area (Å²) in [5.74, 6) is 2.37. The van der Waals surface area contributed by atoms with Crippen molar-refractivity contribution in [2.75, 3.05) is 25.0 Å². The summed E-state index contributed by atoms with van der Waals surface area (Å²) >= 11 is 0. The summed E-state index contributed by atoms with van der Waals surface area (Å²) in [6.07, 6.45) is -1.76. The molecule has 126 valence electrons. The Bertz CT molecular complexity index is 570. The number of urea groups is 1. The number of carbonyl (C=O) groups is 1. The van der Waals surface area contributed by atoms with Crippen LogP contribution in [0.25, 0.3) is 0 Å². The fourth-order valence-corrected chi connectivity index (χ4v) is 1.74. The topological polar surface area (TPSA) is 72.8 Å². The van der Waals surface area contributed by atoms with Crippen molar-refractivity contribution in [2.24, 2.45) is 0 Å². The van der Waals surface area contributed by atoms with Crippen molar-refractivity contribution in [3.05, 3.63) is 29.8 Å². The Morgan fingerprint density at radius 3 is 2.70 bits per heavy atom. The average molecular weight is 330 g/mol. The quantitative estimate of drug-likeness (QED) is 0.697. The van der Waals surface area contributed by atoms with Crippen LogP contribution in [0.1, 0.15) is 12.0 Å². The Hall–Kier alpha value is -2.24. The zero-order valence-electron chi connectivity index (χ0n) is 12.2. The molecule has 1 atom stereocenters. The molecule has 1 aromatic carbocycles. The third kappa shape index (κ3) is 7.04. The summed E-state index contributed by atoms with van der Waals surface area (Å²) in [5, 5.41) is 20.6. The van der Waals surface area contributed by atoms with E-state index in [1.807, 2.05) is 0 Å². The second kappa shape index (κ2) is 8.41. The maximum Gasteiger partial charge on any atom is 0.390 e. The fraction of sp³-hybridized carbons (Fsp3) is 0.400. The summed E-state index contributed by atoms with van der Waals surface area (Å²) in [5.41, 5.74) is 0.820. The minimum Gasteiger partial charge on any atom is -0.394 e. The van der Waals surface area contributed by atoms with Crippen LogP contribution in [-0.2, 0) is 0 Å². The van der Waals surface area contributed by atoms with Gasteiger partial charge in [0.2, 0.25) is 0 Å². The molecule has 0 aliphatic heterocycles. The van der Waals surface area contributed by atoms with Crippen molar-refractivity contribution in [1.82, 2.24) is 4.90 Å². The number of benzene rings is 1. The van der Waals surface area contributed by atoms with E-state index in [0.717, 1.165) is 4.90 Å². The summed E-state index contributed by atoms with van der Waals surface area (Å²) in [6.45, 7) is -1.73. The number of halogens is 3. The second-order valence-electron chi connectivity index (χ2n) is 4.80. The van der Waals surface area contributed by atoms with Crippen molar-refractivity contribution >= 4 is 11.7 Å². The minimum atomic E-state index is -4.44. The molecule has 0 aliphatic carbocycles. The Morgan fingerprint density at radius 1 is 1.43 bits per heavy atom. The van der Waals surface area contributed by atoms with Crippen molar-refractivity contribution in [2.45, 2.75) is 18.7 Å². The number of aliphatic hydroxyl groups excluding tert-OH is 2. The van der Waals surface area contributed by atoms with E-state index in [9.17, 15) is 23.1 Å². The van der Waals surface area contributed by atoms with Crippen molar-refractivity contribution < 1.29 is 28.2 Å². The largest absolute Gasteiger partial charge is 0.394 e. The maximum atomic E-state index is 12.3. The standard InChI is InChI=1S/C15H17F3N2O3/c1-2-11-4-3-5-12(8-11)19-14(23)20(9-13(22)10-21)7-6-15(16,17)18/h1,3-5,8,13,21-22H,6-7,9-10H2,(H,19,23)/t13-/m0/s1. The molecule has 0 saturated heterocycles. The number of rotatable bonds is 6. The van der Waals surface area contributed by atoms with Crippen LogP contribution in [-0.4, -0.2) is 53.1 Å². The number of alkyl halides is 3. The predicted molar refractivity (Wildman–Crippen MR) is 78.7 cm³/mol. The van der Waals surface area contributed by atoms with Crippen LogP contribution >= 0.6 is 0 Å². The van der Waals surface area contributed by atoms with Gasteiger partial charge in [0.15, 0.2) is 0 Å². The molecule has 8 heteroatoms. The Balaban J connectivity index is 2.78. The highest BCUT2D eigenvalue weighted by Gasteiger charge is 2.29. The molecular formula is C15H17F3N2O3. The Labute approximate surface area is 131 Å². The molecule has 0 aromatic heterocycles. The lowest BCUT2D eigenvalue weighted by molar-refractivity contribution is -0.137. The van der Waals surface area contributed by atoms with Gasteiger partial charge in [0.1, 0.15) is 0 Å². The number of amides is 2. The van der Waals surface area contributed by atoms with Crippen LogP contribution in [0.4, 0.5) is 23.7 Å². The highest BCUT2D eigenvalue weighted by molar-refractivity contribution is 5.89. The maximum absolute atomic E-state index is 12.3. The van der Waals surface area contributed by atoms with E-state index in [1.54, 1.807) is 12.1 Å². The first-order valence-corrected chi connectivity index (χ1v) is 6.73. The van der Waals surface area contributed by atoms with Crippen molar-refractivity contribution in [1.29, 1.82) is 0 Å². The number of nitrogens with zero attached hydrogens (tertiary/aromatic N) is 1. The summed E-state index contributed by atoms with van der Waals surface area (Å²) in [4.78, 5) is 12.9. The van der Waals surface area contributed by atoms with E-state index >= 15 is 0 Å². The lowest BCUT2D eigenvalue weighted by Crippen LogP contribution is -2.43. The van der Waals surface area contributed by atoms with Gasteiger partial charge in [-0.05, 0) is 18.2 Å². The number of terminal acetylenes is 1. The number of nitrogens with one attached hydrogen (secondary N) is 1. The van der Waals surface area contributed by atoms with Gasteiger partial charge in [0.05, 0.1) is 25.7 Å². The molecule has 0 unspecified atom stereocenters.